The van der Waals surface area contributed by atoms with Crippen molar-refractivity contribution in [2.24, 2.45) is 0 Å². The van der Waals surface area contributed by atoms with E-state index < -0.39 is 12.1 Å². The second-order valence-electron chi connectivity index (χ2n) is 4.01. The van der Waals surface area contributed by atoms with Crippen molar-refractivity contribution < 1.29 is 20.1 Å². The Labute approximate surface area is 121 Å². The van der Waals surface area contributed by atoms with Gasteiger partial charge in [-0.3, -0.25) is 0 Å². The van der Waals surface area contributed by atoms with Crippen molar-refractivity contribution in [1.82, 2.24) is 5.32 Å². The van der Waals surface area contributed by atoms with Gasteiger partial charge in [-0.2, -0.15) is 0 Å². The van der Waals surface area contributed by atoms with Gasteiger partial charge in [0.05, 0.1) is 24.3 Å². The quantitative estimate of drug-likeness (QED) is 0.567. The number of rotatable bonds is 8. The van der Waals surface area contributed by atoms with E-state index in [1.54, 1.807) is 18.2 Å². The Morgan fingerprint density at radius 3 is 2.47 bits per heavy atom. The molecule has 1 atom stereocenters. The van der Waals surface area contributed by atoms with Crippen molar-refractivity contribution in [1.29, 1.82) is 0 Å². The number of aliphatic hydroxyl groups is 3. The number of hydrogen-bond acceptors (Lipinski definition) is 5. The van der Waals surface area contributed by atoms with E-state index in [0.29, 0.717) is 15.8 Å². The average Bonchev–Trinajstić information content (AvgIpc) is 2.39. The molecule has 0 aliphatic heterocycles. The summed E-state index contributed by atoms with van der Waals surface area (Å²) in [7, 11) is 0. The van der Waals surface area contributed by atoms with Crippen LogP contribution in [0.1, 0.15) is 0 Å². The monoisotopic (exact) mass is 309 g/mol. The molecular weight excluding hydrogens is 293 g/mol. The van der Waals surface area contributed by atoms with Gasteiger partial charge < -0.3 is 25.4 Å². The Hall–Kier alpha value is -0.560. The third kappa shape index (κ3) is 5.95. The minimum absolute atomic E-state index is 0.0396. The maximum absolute atomic E-state index is 9.68. The lowest BCUT2D eigenvalue weighted by Gasteiger charge is -2.17. The first-order valence-corrected chi connectivity index (χ1v) is 6.53. The number of aliphatic hydroxyl groups excluding tert-OH is 3. The van der Waals surface area contributed by atoms with Crippen LogP contribution in [0.3, 0.4) is 0 Å². The SMILES string of the molecule is OCC(CO)NCC(O)COc1ccc(Cl)cc1Cl. The largest absolute Gasteiger partial charge is 0.489 e. The van der Waals surface area contributed by atoms with Gasteiger partial charge in [0.15, 0.2) is 0 Å². The molecule has 7 heteroatoms. The van der Waals surface area contributed by atoms with Gasteiger partial charge in [0, 0.05) is 11.6 Å². The van der Waals surface area contributed by atoms with Crippen LogP contribution < -0.4 is 10.1 Å². The smallest absolute Gasteiger partial charge is 0.138 e. The minimum atomic E-state index is -0.785. The molecule has 1 rings (SSSR count). The zero-order valence-electron chi connectivity index (χ0n) is 10.2. The first kappa shape index (κ1) is 16.5. The van der Waals surface area contributed by atoms with Crippen molar-refractivity contribution in [3.8, 4) is 5.75 Å². The molecule has 0 aliphatic carbocycles. The first-order valence-electron chi connectivity index (χ1n) is 5.77. The average molecular weight is 310 g/mol. The van der Waals surface area contributed by atoms with E-state index in [-0.39, 0.29) is 26.4 Å². The fourth-order valence-electron chi connectivity index (χ4n) is 1.33. The number of nitrogens with one attached hydrogen (secondary N) is 1. The highest BCUT2D eigenvalue weighted by Gasteiger charge is 2.11. The maximum Gasteiger partial charge on any atom is 0.138 e. The fourth-order valence-corrected chi connectivity index (χ4v) is 1.79. The van der Waals surface area contributed by atoms with E-state index in [2.05, 4.69) is 5.32 Å². The van der Waals surface area contributed by atoms with Crippen LogP contribution in [0.15, 0.2) is 18.2 Å². The molecule has 0 fully saturated rings. The molecule has 5 nitrogen and oxygen atoms in total. The van der Waals surface area contributed by atoms with Crippen LogP contribution in [-0.2, 0) is 0 Å². The van der Waals surface area contributed by atoms with Gasteiger partial charge in [-0.15, -0.1) is 0 Å². The summed E-state index contributed by atoms with van der Waals surface area (Å²) in [5.41, 5.74) is 0. The molecule has 0 bridgehead atoms. The summed E-state index contributed by atoms with van der Waals surface area (Å²) >= 11 is 11.7. The molecule has 0 saturated heterocycles. The van der Waals surface area contributed by atoms with E-state index in [1.165, 1.54) is 0 Å². The Balaban J connectivity index is 2.35. The molecule has 0 radical (unpaired) electrons. The lowest BCUT2D eigenvalue weighted by molar-refractivity contribution is 0.0930. The van der Waals surface area contributed by atoms with E-state index in [4.69, 9.17) is 38.2 Å². The van der Waals surface area contributed by atoms with Gasteiger partial charge in [0.25, 0.3) is 0 Å². The predicted molar refractivity (Wildman–Crippen MR) is 73.9 cm³/mol. The molecule has 0 aliphatic rings. The predicted octanol–water partition coefficient (Wildman–Crippen LogP) is 0.676. The molecule has 0 heterocycles. The number of halogens is 2. The highest BCUT2D eigenvalue weighted by Crippen LogP contribution is 2.27. The van der Waals surface area contributed by atoms with Gasteiger partial charge in [0.1, 0.15) is 18.5 Å². The minimum Gasteiger partial charge on any atom is -0.489 e. The third-order valence-corrected chi connectivity index (χ3v) is 2.94. The number of hydrogen-bond donors (Lipinski definition) is 4. The van der Waals surface area contributed by atoms with Crippen molar-refractivity contribution in [2.75, 3.05) is 26.4 Å². The van der Waals surface area contributed by atoms with Gasteiger partial charge in [0.2, 0.25) is 0 Å². The molecule has 19 heavy (non-hydrogen) atoms. The lowest BCUT2D eigenvalue weighted by atomic mass is 10.3. The van der Waals surface area contributed by atoms with Crippen LogP contribution in [-0.4, -0.2) is 53.8 Å². The molecular formula is C12H17Cl2NO4. The third-order valence-electron chi connectivity index (χ3n) is 2.41. The van der Waals surface area contributed by atoms with Gasteiger partial charge in [-0.25, -0.2) is 0 Å². The summed E-state index contributed by atoms with van der Waals surface area (Å²) in [6.07, 6.45) is -0.785. The molecule has 1 unspecified atom stereocenters. The Bertz CT molecular complexity index is 388. The van der Waals surface area contributed by atoms with Crippen molar-refractivity contribution in [3.05, 3.63) is 28.2 Å². The second kappa shape index (κ2) is 8.58. The summed E-state index contributed by atoms with van der Waals surface area (Å²) in [6.45, 7) is -0.172. The Kier molecular flexibility index (Phi) is 7.45. The zero-order chi connectivity index (χ0) is 14.3. The van der Waals surface area contributed by atoms with Crippen LogP contribution in [0.5, 0.6) is 5.75 Å². The molecule has 0 amide bonds. The number of benzene rings is 1. The van der Waals surface area contributed by atoms with Crippen molar-refractivity contribution >= 4 is 23.2 Å². The highest BCUT2D eigenvalue weighted by molar-refractivity contribution is 6.35. The Morgan fingerprint density at radius 1 is 1.21 bits per heavy atom. The highest BCUT2D eigenvalue weighted by atomic mass is 35.5. The van der Waals surface area contributed by atoms with Gasteiger partial charge >= 0.3 is 0 Å². The summed E-state index contributed by atoms with van der Waals surface area (Å²) in [5, 5.41) is 31.0. The summed E-state index contributed by atoms with van der Waals surface area (Å²) < 4.78 is 5.35. The standard InChI is InChI=1S/C12H17Cl2NO4/c13-8-1-2-12(11(14)3-8)19-7-10(18)4-15-9(5-16)6-17/h1-3,9-10,15-18H,4-7H2. The molecule has 0 saturated carbocycles. The summed E-state index contributed by atoms with van der Waals surface area (Å²) in [6, 6.07) is 4.36. The lowest BCUT2D eigenvalue weighted by Crippen LogP contribution is -2.41. The summed E-state index contributed by atoms with van der Waals surface area (Å²) in [4.78, 5) is 0. The van der Waals surface area contributed by atoms with Crippen molar-refractivity contribution in [2.45, 2.75) is 12.1 Å². The van der Waals surface area contributed by atoms with Gasteiger partial charge in [-0.1, -0.05) is 23.2 Å². The Morgan fingerprint density at radius 2 is 1.89 bits per heavy atom. The summed E-state index contributed by atoms with van der Waals surface area (Å²) in [5.74, 6) is 0.436. The first-order chi connectivity index (χ1) is 9.06. The number of ether oxygens (including phenoxy) is 1. The van der Waals surface area contributed by atoms with Crippen molar-refractivity contribution in [3.63, 3.8) is 0 Å². The molecule has 1 aromatic carbocycles. The van der Waals surface area contributed by atoms with E-state index in [9.17, 15) is 5.11 Å². The van der Waals surface area contributed by atoms with Crippen LogP contribution >= 0.6 is 23.2 Å². The maximum atomic E-state index is 9.68. The molecule has 4 N–H and O–H groups in total. The van der Waals surface area contributed by atoms with E-state index in [0.717, 1.165) is 0 Å². The van der Waals surface area contributed by atoms with E-state index >= 15 is 0 Å². The normalized spacial score (nSPS) is 12.7. The zero-order valence-corrected chi connectivity index (χ0v) is 11.7. The molecule has 0 spiro atoms. The van der Waals surface area contributed by atoms with Crippen LogP contribution in [0.4, 0.5) is 0 Å². The van der Waals surface area contributed by atoms with Crippen LogP contribution in [0.25, 0.3) is 0 Å². The van der Waals surface area contributed by atoms with Crippen LogP contribution in [0, 0.1) is 0 Å². The van der Waals surface area contributed by atoms with E-state index in [1.807, 2.05) is 0 Å². The van der Waals surface area contributed by atoms with Crippen LogP contribution in [0.2, 0.25) is 10.0 Å². The fraction of sp³-hybridized carbons (Fsp3) is 0.500. The molecule has 108 valence electrons. The molecule has 1 aromatic rings. The topological polar surface area (TPSA) is 82.0 Å². The van der Waals surface area contributed by atoms with Gasteiger partial charge in [-0.05, 0) is 18.2 Å². The second-order valence-corrected chi connectivity index (χ2v) is 4.85. The molecule has 0 aromatic heterocycles.